The molecule has 0 amide bonds. The smallest absolute Gasteiger partial charge is 0.0972 e. The zero-order chi connectivity index (χ0) is 27.2. The van der Waals surface area contributed by atoms with E-state index in [9.17, 15) is 0 Å². The highest BCUT2D eigenvalue weighted by molar-refractivity contribution is 6.42. The molecular weight excluding hydrogens is 519 g/mol. The van der Waals surface area contributed by atoms with Gasteiger partial charge in [0.25, 0.3) is 0 Å². The van der Waals surface area contributed by atoms with Crippen LogP contribution in [-0.2, 0) is 5.54 Å². The second-order valence-corrected chi connectivity index (χ2v) is 11.8. The van der Waals surface area contributed by atoms with E-state index < -0.39 is 0 Å². The number of nitrogens with zero attached hydrogens (tertiary/aromatic N) is 1. The number of nitrogens with two attached hydrogens (primary N) is 1. The number of piperidine rings is 1. The van der Waals surface area contributed by atoms with Gasteiger partial charge in [0.05, 0.1) is 15.6 Å². The van der Waals surface area contributed by atoms with Crippen molar-refractivity contribution in [2.45, 2.75) is 37.6 Å². The van der Waals surface area contributed by atoms with E-state index in [-0.39, 0.29) is 11.5 Å². The number of hydrogen-bond donors (Lipinski definition) is 1. The first-order chi connectivity index (χ1) is 19.0. The number of halogens is 2. The Bertz CT molecular complexity index is 1220. The molecule has 4 aromatic rings. The minimum Gasteiger partial charge on any atom is -0.330 e. The molecule has 0 saturated carbocycles. The Morgan fingerprint density at radius 1 is 0.744 bits per heavy atom. The maximum Gasteiger partial charge on any atom is 0.0972 e. The first kappa shape index (κ1) is 27.9. The lowest BCUT2D eigenvalue weighted by Gasteiger charge is -2.49. The fourth-order valence-corrected chi connectivity index (χ4v) is 6.97. The monoisotopic (exact) mass is 556 g/mol. The highest BCUT2D eigenvalue weighted by atomic mass is 35.5. The maximum absolute atomic E-state index is 6.33. The lowest BCUT2D eigenvalue weighted by Crippen LogP contribution is -2.51. The number of benzene rings is 4. The van der Waals surface area contributed by atoms with Gasteiger partial charge < -0.3 is 5.73 Å². The zero-order valence-electron chi connectivity index (χ0n) is 22.6. The van der Waals surface area contributed by atoms with Gasteiger partial charge in [-0.15, -0.1) is 0 Å². The summed E-state index contributed by atoms with van der Waals surface area (Å²) in [6.07, 6.45) is 3.38. The van der Waals surface area contributed by atoms with Crippen molar-refractivity contribution in [3.8, 4) is 0 Å². The van der Waals surface area contributed by atoms with Gasteiger partial charge in [-0.2, -0.15) is 0 Å². The fourth-order valence-electron chi connectivity index (χ4n) is 6.67. The van der Waals surface area contributed by atoms with Gasteiger partial charge in [-0.25, -0.2) is 0 Å². The maximum atomic E-state index is 6.33. The van der Waals surface area contributed by atoms with Crippen molar-refractivity contribution in [1.82, 2.24) is 4.90 Å². The van der Waals surface area contributed by atoms with Gasteiger partial charge in [-0.3, -0.25) is 4.90 Å². The van der Waals surface area contributed by atoms with Crippen LogP contribution in [0.3, 0.4) is 0 Å². The topological polar surface area (TPSA) is 29.3 Å². The van der Waals surface area contributed by atoms with Crippen molar-refractivity contribution in [3.05, 3.63) is 141 Å². The van der Waals surface area contributed by atoms with Crippen LogP contribution in [0.4, 0.5) is 0 Å². The van der Waals surface area contributed by atoms with Gasteiger partial charge in [0.15, 0.2) is 0 Å². The molecule has 5 rings (SSSR count). The molecule has 202 valence electrons. The van der Waals surface area contributed by atoms with E-state index in [4.69, 9.17) is 28.9 Å². The van der Waals surface area contributed by atoms with Crippen molar-refractivity contribution in [3.63, 3.8) is 0 Å². The summed E-state index contributed by atoms with van der Waals surface area (Å²) < 4.78 is 0. The van der Waals surface area contributed by atoms with Crippen LogP contribution in [-0.4, -0.2) is 24.5 Å². The van der Waals surface area contributed by atoms with Crippen molar-refractivity contribution >= 4 is 23.2 Å². The molecule has 4 heteroatoms. The van der Waals surface area contributed by atoms with Gasteiger partial charge in [-0.05, 0) is 91.0 Å². The number of likely N-dealkylation sites (tertiary alicyclic amines) is 1. The van der Waals surface area contributed by atoms with E-state index in [0.717, 1.165) is 32.4 Å². The van der Waals surface area contributed by atoms with E-state index in [0.29, 0.717) is 28.4 Å². The third-order valence-electron chi connectivity index (χ3n) is 8.75. The standard InChI is InChI=1S/C35H38Cl2N2/c1-26(23-29(25-38)28-17-18-33(36)34(37)24-28)27-19-21-39(22-20-27)35(30-11-5-2-6-12-30,31-13-7-3-8-14-31)32-15-9-4-10-16-32/h2-18,24,26-27,29H,19-23,25,38H2,1H3. The van der Waals surface area contributed by atoms with Gasteiger partial charge in [0.1, 0.15) is 0 Å². The SMILES string of the molecule is CC(CC(CN)c1ccc(Cl)c(Cl)c1)C1CCN(C(c2ccccc2)(c2ccccc2)c2ccccc2)CC1. The molecule has 1 fully saturated rings. The normalized spacial score (nSPS) is 16.6. The van der Waals surface area contributed by atoms with E-state index in [1.54, 1.807) is 0 Å². The molecule has 0 bridgehead atoms. The van der Waals surface area contributed by atoms with Crippen LogP contribution < -0.4 is 5.73 Å². The molecular formula is C35H38Cl2N2. The summed E-state index contributed by atoms with van der Waals surface area (Å²) in [7, 11) is 0. The quantitative estimate of drug-likeness (QED) is 0.209. The Hall–Kier alpha value is -2.62. The fraction of sp³-hybridized carbons (Fsp3) is 0.314. The van der Waals surface area contributed by atoms with Crippen LogP contribution >= 0.6 is 23.2 Å². The molecule has 39 heavy (non-hydrogen) atoms. The third-order valence-corrected chi connectivity index (χ3v) is 9.49. The summed E-state index contributed by atoms with van der Waals surface area (Å²) in [5, 5.41) is 1.20. The molecule has 0 radical (unpaired) electrons. The van der Waals surface area contributed by atoms with Crippen molar-refractivity contribution in [2.75, 3.05) is 19.6 Å². The third kappa shape index (κ3) is 5.81. The number of hydrogen-bond acceptors (Lipinski definition) is 2. The summed E-state index contributed by atoms with van der Waals surface area (Å²) >= 11 is 12.5. The molecule has 0 aromatic heterocycles. The first-order valence-corrected chi connectivity index (χ1v) is 14.9. The summed E-state index contributed by atoms with van der Waals surface area (Å²) in [6, 6.07) is 39.0. The first-order valence-electron chi connectivity index (χ1n) is 14.1. The summed E-state index contributed by atoms with van der Waals surface area (Å²) in [5.41, 5.74) is 11.1. The van der Waals surface area contributed by atoms with E-state index in [1.807, 2.05) is 12.1 Å². The molecule has 4 aromatic carbocycles. The lowest BCUT2D eigenvalue weighted by atomic mass is 9.73. The molecule has 1 saturated heterocycles. The highest BCUT2D eigenvalue weighted by Crippen LogP contribution is 2.45. The van der Waals surface area contributed by atoms with Gasteiger partial charge in [-0.1, -0.05) is 127 Å². The van der Waals surface area contributed by atoms with E-state index in [2.05, 4.69) is 109 Å². The molecule has 2 N–H and O–H groups in total. The van der Waals surface area contributed by atoms with Crippen LogP contribution in [0.15, 0.2) is 109 Å². The van der Waals surface area contributed by atoms with Gasteiger partial charge in [0, 0.05) is 0 Å². The highest BCUT2D eigenvalue weighted by Gasteiger charge is 2.43. The summed E-state index contributed by atoms with van der Waals surface area (Å²) in [4.78, 5) is 2.72. The van der Waals surface area contributed by atoms with Crippen molar-refractivity contribution in [1.29, 1.82) is 0 Å². The predicted octanol–water partition coefficient (Wildman–Crippen LogP) is 8.77. The van der Waals surface area contributed by atoms with Crippen molar-refractivity contribution in [2.24, 2.45) is 17.6 Å². The Morgan fingerprint density at radius 2 is 1.23 bits per heavy atom. The lowest BCUT2D eigenvalue weighted by molar-refractivity contribution is 0.0821. The van der Waals surface area contributed by atoms with Gasteiger partial charge >= 0.3 is 0 Å². The van der Waals surface area contributed by atoms with Crippen LogP contribution in [0.25, 0.3) is 0 Å². The van der Waals surface area contributed by atoms with Crippen LogP contribution in [0.2, 0.25) is 10.0 Å². The molecule has 2 nitrogen and oxygen atoms in total. The van der Waals surface area contributed by atoms with Crippen LogP contribution in [0.1, 0.15) is 54.4 Å². The Labute approximate surface area is 243 Å². The largest absolute Gasteiger partial charge is 0.330 e. The molecule has 2 atom stereocenters. The summed E-state index contributed by atoms with van der Waals surface area (Å²) in [5.74, 6) is 1.50. The Kier molecular flexibility index (Phi) is 9.10. The second-order valence-electron chi connectivity index (χ2n) is 11.0. The molecule has 2 unspecified atom stereocenters. The Morgan fingerprint density at radius 3 is 1.67 bits per heavy atom. The minimum absolute atomic E-state index is 0.282. The van der Waals surface area contributed by atoms with Crippen LogP contribution in [0, 0.1) is 11.8 Å². The molecule has 1 aliphatic heterocycles. The van der Waals surface area contributed by atoms with E-state index in [1.165, 1.54) is 22.3 Å². The number of rotatable bonds is 9. The Balaban J connectivity index is 1.41. The van der Waals surface area contributed by atoms with Crippen molar-refractivity contribution < 1.29 is 0 Å². The minimum atomic E-state index is -0.335. The van der Waals surface area contributed by atoms with Crippen LogP contribution in [0.5, 0.6) is 0 Å². The average Bonchev–Trinajstić information content (AvgIpc) is 3.00. The summed E-state index contributed by atoms with van der Waals surface area (Å²) in [6.45, 7) is 5.08. The predicted molar refractivity (Wildman–Crippen MR) is 166 cm³/mol. The average molecular weight is 558 g/mol. The molecule has 1 aliphatic rings. The molecule has 1 heterocycles. The van der Waals surface area contributed by atoms with E-state index >= 15 is 0 Å². The zero-order valence-corrected chi connectivity index (χ0v) is 24.2. The molecule has 0 aliphatic carbocycles. The second kappa shape index (κ2) is 12.7. The molecule has 0 spiro atoms. The van der Waals surface area contributed by atoms with Gasteiger partial charge in [0.2, 0.25) is 0 Å².